The minimum Gasteiger partial charge on any atom is -0.457 e. The fourth-order valence-corrected chi connectivity index (χ4v) is 9.61. The maximum absolute atomic E-state index is 6.64. The Balaban J connectivity index is 1.16. The Kier molecular flexibility index (Phi) is 7.42. The van der Waals surface area contributed by atoms with E-state index in [0.717, 1.165) is 56.1 Å². The van der Waals surface area contributed by atoms with Gasteiger partial charge in [0.15, 0.2) is 5.82 Å². The van der Waals surface area contributed by atoms with Crippen molar-refractivity contribution in [2.24, 2.45) is 0 Å². The molecule has 0 saturated heterocycles. The van der Waals surface area contributed by atoms with E-state index >= 15 is 0 Å². The molecule has 11 rings (SSSR count). The average Bonchev–Trinajstić information content (AvgIpc) is 3.28. The van der Waals surface area contributed by atoms with Crippen molar-refractivity contribution in [1.82, 2.24) is 9.97 Å². The first-order chi connectivity index (χ1) is 28.0. The lowest BCUT2D eigenvalue weighted by Gasteiger charge is -2.50. The molecule has 8 aromatic carbocycles. The zero-order valence-electron chi connectivity index (χ0n) is 31.8. The molecule has 0 bridgehead atoms. The largest absolute Gasteiger partial charge is 0.457 e. The quantitative estimate of drug-likeness (QED) is 0.181. The number of rotatable bonds is 4. The van der Waals surface area contributed by atoms with Crippen LogP contribution in [0.2, 0.25) is 0 Å². The van der Waals surface area contributed by atoms with E-state index in [1.54, 1.807) is 0 Å². The van der Waals surface area contributed by atoms with E-state index in [0.29, 0.717) is 5.82 Å². The van der Waals surface area contributed by atoms with Crippen LogP contribution in [0.1, 0.15) is 47.2 Å². The van der Waals surface area contributed by atoms with Crippen LogP contribution in [0.3, 0.4) is 0 Å². The SMILES string of the molecule is CC1(C)c2ccccc2C2(c3ccccc3Oc3ccccc32)c2ccc(-c3cc(-c4ccc(-c5ccccc5)c5ccccc45)nc(-c4ccccc4)n3)cc21. The smallest absolute Gasteiger partial charge is 0.160 e. The molecule has 0 unspecified atom stereocenters. The fourth-order valence-electron chi connectivity index (χ4n) is 9.61. The Hall–Kier alpha value is -7.10. The minimum absolute atomic E-state index is 0.309. The Morgan fingerprint density at radius 3 is 1.56 bits per heavy atom. The zero-order valence-corrected chi connectivity index (χ0v) is 31.8. The number of para-hydroxylation sites is 2. The summed E-state index contributed by atoms with van der Waals surface area (Å²) < 4.78 is 6.64. The van der Waals surface area contributed by atoms with Crippen molar-refractivity contribution in [1.29, 1.82) is 0 Å². The van der Waals surface area contributed by atoms with Gasteiger partial charge in [0.1, 0.15) is 11.5 Å². The molecule has 0 N–H and O–H groups in total. The van der Waals surface area contributed by atoms with Crippen LogP contribution in [0, 0.1) is 0 Å². The highest BCUT2D eigenvalue weighted by atomic mass is 16.5. The predicted molar refractivity (Wildman–Crippen MR) is 232 cm³/mol. The second kappa shape index (κ2) is 12.7. The summed E-state index contributed by atoms with van der Waals surface area (Å²) in [5.41, 5.74) is 13.8. The van der Waals surface area contributed by atoms with Crippen molar-refractivity contribution in [3.8, 4) is 56.5 Å². The molecule has 3 heteroatoms. The zero-order chi connectivity index (χ0) is 38.1. The summed E-state index contributed by atoms with van der Waals surface area (Å²) in [5, 5.41) is 2.35. The van der Waals surface area contributed by atoms with Gasteiger partial charge in [-0.3, -0.25) is 0 Å². The van der Waals surface area contributed by atoms with Crippen LogP contribution in [0.25, 0.3) is 55.8 Å². The molecule has 3 nitrogen and oxygen atoms in total. The van der Waals surface area contributed by atoms with Crippen LogP contribution < -0.4 is 4.74 Å². The van der Waals surface area contributed by atoms with Gasteiger partial charge in [0, 0.05) is 33.2 Å². The van der Waals surface area contributed by atoms with E-state index in [2.05, 4.69) is 202 Å². The fraction of sp³-hybridized carbons (Fsp3) is 0.0741. The van der Waals surface area contributed by atoms with Crippen LogP contribution in [-0.2, 0) is 10.8 Å². The van der Waals surface area contributed by atoms with Gasteiger partial charge in [-0.05, 0) is 68.4 Å². The van der Waals surface area contributed by atoms with Gasteiger partial charge in [-0.2, -0.15) is 0 Å². The second-order valence-electron chi connectivity index (χ2n) is 15.7. The van der Waals surface area contributed by atoms with Crippen molar-refractivity contribution in [3.05, 3.63) is 228 Å². The maximum Gasteiger partial charge on any atom is 0.160 e. The van der Waals surface area contributed by atoms with Crippen LogP contribution in [0.5, 0.6) is 11.5 Å². The van der Waals surface area contributed by atoms with E-state index in [4.69, 9.17) is 14.7 Å². The molecular formula is C54H38N2O. The molecular weight excluding hydrogens is 693 g/mol. The van der Waals surface area contributed by atoms with Crippen molar-refractivity contribution in [2.75, 3.05) is 0 Å². The van der Waals surface area contributed by atoms with Gasteiger partial charge >= 0.3 is 0 Å². The van der Waals surface area contributed by atoms with Crippen LogP contribution in [0.4, 0.5) is 0 Å². The van der Waals surface area contributed by atoms with Crippen LogP contribution >= 0.6 is 0 Å². The predicted octanol–water partition coefficient (Wildman–Crippen LogP) is 13.4. The molecule has 0 saturated carbocycles. The monoisotopic (exact) mass is 730 g/mol. The van der Waals surface area contributed by atoms with Gasteiger partial charge < -0.3 is 4.74 Å². The van der Waals surface area contributed by atoms with Gasteiger partial charge in [-0.15, -0.1) is 0 Å². The molecule has 2 heterocycles. The molecule has 1 aromatic heterocycles. The molecule has 1 spiro atoms. The first-order valence-corrected chi connectivity index (χ1v) is 19.7. The third-order valence-corrected chi connectivity index (χ3v) is 12.2. The van der Waals surface area contributed by atoms with E-state index in [-0.39, 0.29) is 5.41 Å². The second-order valence-corrected chi connectivity index (χ2v) is 15.7. The number of fused-ring (bicyclic) bond motifs is 9. The van der Waals surface area contributed by atoms with Crippen LogP contribution in [-0.4, -0.2) is 9.97 Å². The first kappa shape index (κ1) is 33.3. The normalized spacial score (nSPS) is 14.2. The summed E-state index contributed by atoms with van der Waals surface area (Å²) >= 11 is 0. The summed E-state index contributed by atoms with van der Waals surface area (Å²) in [4.78, 5) is 10.6. The lowest BCUT2D eigenvalue weighted by atomic mass is 9.53. The minimum atomic E-state index is -0.573. The molecule has 57 heavy (non-hydrogen) atoms. The lowest BCUT2D eigenvalue weighted by molar-refractivity contribution is 0.425. The molecule has 9 aromatic rings. The first-order valence-electron chi connectivity index (χ1n) is 19.7. The topological polar surface area (TPSA) is 35.0 Å². The van der Waals surface area contributed by atoms with Gasteiger partial charge in [-0.25, -0.2) is 9.97 Å². The molecule has 1 aliphatic carbocycles. The van der Waals surface area contributed by atoms with Gasteiger partial charge in [-0.1, -0.05) is 184 Å². The summed E-state index contributed by atoms with van der Waals surface area (Å²) in [6.45, 7) is 4.72. The number of hydrogen-bond acceptors (Lipinski definition) is 3. The lowest BCUT2D eigenvalue weighted by Crippen LogP contribution is -2.43. The van der Waals surface area contributed by atoms with Crippen molar-refractivity contribution in [3.63, 3.8) is 0 Å². The summed E-state index contributed by atoms with van der Waals surface area (Å²) in [6.07, 6.45) is 0. The average molecular weight is 731 g/mol. The van der Waals surface area contributed by atoms with Gasteiger partial charge in [0.05, 0.1) is 16.8 Å². The summed E-state index contributed by atoms with van der Waals surface area (Å²) in [6, 6.07) is 69.4. The maximum atomic E-state index is 6.64. The van der Waals surface area contributed by atoms with E-state index in [1.165, 1.54) is 38.8 Å². The summed E-state index contributed by atoms with van der Waals surface area (Å²) in [5.74, 6) is 2.48. The number of benzene rings is 8. The molecule has 0 fully saturated rings. The molecule has 0 radical (unpaired) electrons. The number of nitrogens with zero attached hydrogens (tertiary/aromatic N) is 2. The standard InChI is InChI=1S/C54H38N2O/c1-53(2)42-23-11-12-24-43(42)54(45-25-13-15-27-50(45)57-51-28-16-14-26-46(51)54)44-32-29-37(33-47(44)53)48-34-49(56-52(55-48)36-19-7-4-8-20-36)41-31-30-38(35-17-5-3-6-18-35)39-21-9-10-22-40(39)41/h3-34H,1-2H3. The van der Waals surface area contributed by atoms with Gasteiger partial charge in [0.2, 0.25) is 0 Å². The highest BCUT2D eigenvalue weighted by Crippen LogP contribution is 2.61. The Morgan fingerprint density at radius 2 is 0.877 bits per heavy atom. The number of hydrogen-bond donors (Lipinski definition) is 0. The highest BCUT2D eigenvalue weighted by molar-refractivity contribution is 6.04. The molecule has 0 atom stereocenters. The molecule has 270 valence electrons. The Morgan fingerprint density at radius 1 is 0.368 bits per heavy atom. The van der Waals surface area contributed by atoms with Crippen molar-refractivity contribution < 1.29 is 4.74 Å². The molecule has 2 aliphatic rings. The molecule has 0 amide bonds. The van der Waals surface area contributed by atoms with E-state index < -0.39 is 5.41 Å². The van der Waals surface area contributed by atoms with E-state index in [9.17, 15) is 0 Å². The Labute approximate surface area is 333 Å². The third-order valence-electron chi connectivity index (χ3n) is 12.2. The highest BCUT2D eigenvalue weighted by Gasteiger charge is 2.52. The van der Waals surface area contributed by atoms with E-state index in [1.807, 2.05) is 6.07 Å². The van der Waals surface area contributed by atoms with Crippen LogP contribution in [0.15, 0.2) is 194 Å². The Bertz CT molecular complexity index is 2980. The van der Waals surface area contributed by atoms with Crippen molar-refractivity contribution in [2.45, 2.75) is 24.7 Å². The summed E-state index contributed by atoms with van der Waals surface area (Å²) in [7, 11) is 0. The molecule has 1 aliphatic heterocycles. The number of ether oxygens (including phenoxy) is 1. The van der Waals surface area contributed by atoms with Crippen molar-refractivity contribution >= 4 is 10.8 Å². The third kappa shape index (κ3) is 4.98. The number of aromatic nitrogens is 2. The van der Waals surface area contributed by atoms with Gasteiger partial charge in [0.25, 0.3) is 0 Å².